The van der Waals surface area contributed by atoms with Crippen LogP contribution in [0.3, 0.4) is 0 Å². The molecule has 0 N–H and O–H groups in total. The summed E-state index contributed by atoms with van der Waals surface area (Å²) in [5.41, 5.74) is 0.462. The zero-order chi connectivity index (χ0) is 19.7. The molecule has 2 aliphatic carbocycles. The van der Waals surface area contributed by atoms with E-state index in [1.807, 2.05) is 42.5 Å². The number of rotatable bonds is 2. The molecule has 2 aromatic carbocycles. The molecule has 142 valence electrons. The molecular formula is C23H16N2O4. The lowest BCUT2D eigenvalue weighted by atomic mass is 9.85. The molecule has 0 spiro atoms. The largest absolute Gasteiger partial charge is 0.463 e. The van der Waals surface area contributed by atoms with Crippen molar-refractivity contribution in [1.82, 2.24) is 5.01 Å². The second kappa shape index (κ2) is 5.73. The van der Waals surface area contributed by atoms with Crippen LogP contribution in [0.1, 0.15) is 12.0 Å². The summed E-state index contributed by atoms with van der Waals surface area (Å²) in [4.78, 5) is 38.3. The zero-order valence-corrected chi connectivity index (χ0v) is 15.3. The van der Waals surface area contributed by atoms with Crippen LogP contribution < -0.4 is 5.43 Å². The quantitative estimate of drug-likeness (QED) is 0.294. The van der Waals surface area contributed by atoms with Crippen molar-refractivity contribution in [1.29, 1.82) is 0 Å². The van der Waals surface area contributed by atoms with Crippen molar-refractivity contribution in [2.45, 2.75) is 6.42 Å². The highest BCUT2D eigenvalue weighted by molar-refractivity contribution is 6.07. The first-order valence-corrected chi connectivity index (χ1v) is 9.67. The van der Waals surface area contributed by atoms with Crippen LogP contribution >= 0.6 is 0 Å². The van der Waals surface area contributed by atoms with Crippen molar-refractivity contribution in [3.8, 4) is 0 Å². The number of amides is 2. The van der Waals surface area contributed by atoms with E-state index in [2.05, 4.69) is 5.10 Å². The monoisotopic (exact) mass is 384 g/mol. The van der Waals surface area contributed by atoms with Gasteiger partial charge in [-0.15, -0.1) is 0 Å². The molecule has 3 aromatic rings. The van der Waals surface area contributed by atoms with Crippen molar-refractivity contribution in [2.24, 2.45) is 28.8 Å². The maximum absolute atomic E-state index is 12.9. The highest BCUT2D eigenvalue weighted by atomic mass is 16.3. The molecule has 1 saturated heterocycles. The van der Waals surface area contributed by atoms with Crippen LogP contribution in [0.4, 0.5) is 0 Å². The van der Waals surface area contributed by atoms with Gasteiger partial charge in [0, 0.05) is 5.39 Å². The van der Waals surface area contributed by atoms with Crippen molar-refractivity contribution >= 4 is 39.8 Å². The molecule has 4 atom stereocenters. The van der Waals surface area contributed by atoms with Gasteiger partial charge in [0.2, 0.25) is 5.43 Å². The summed E-state index contributed by atoms with van der Waals surface area (Å²) in [5.74, 6) is -0.919. The number of hydrogen-bond donors (Lipinski definition) is 0. The SMILES string of the molecule is O=C1C2C3C=CC(C3)C2C(=O)N1/N=C/c1coc2c(ccc3ccccc32)c1=O. The Kier molecular flexibility index (Phi) is 3.25. The fraction of sp³-hybridized carbons (Fsp3) is 0.217. The van der Waals surface area contributed by atoms with Gasteiger partial charge in [0.05, 0.1) is 29.0 Å². The number of benzene rings is 2. The third kappa shape index (κ3) is 2.17. The Morgan fingerprint density at radius 1 is 0.931 bits per heavy atom. The minimum absolute atomic E-state index is 0.126. The first kappa shape index (κ1) is 16.4. The molecular weight excluding hydrogens is 368 g/mol. The fourth-order valence-corrected chi connectivity index (χ4v) is 5.09. The third-order valence-corrected chi connectivity index (χ3v) is 6.45. The van der Waals surface area contributed by atoms with Crippen LogP contribution in [0.15, 0.2) is 69.1 Å². The van der Waals surface area contributed by atoms with E-state index in [1.54, 1.807) is 6.07 Å². The molecule has 2 amide bonds. The van der Waals surface area contributed by atoms with Gasteiger partial charge in [0.15, 0.2) is 0 Å². The number of nitrogens with zero attached hydrogens (tertiary/aromatic N) is 2. The Hall–Kier alpha value is -3.54. The Balaban J connectivity index is 1.38. The first-order valence-electron chi connectivity index (χ1n) is 9.67. The summed E-state index contributed by atoms with van der Waals surface area (Å²) in [6.07, 6.45) is 7.52. The van der Waals surface area contributed by atoms with E-state index in [0.717, 1.165) is 22.2 Å². The summed E-state index contributed by atoms with van der Waals surface area (Å²) >= 11 is 0. The molecule has 2 fully saturated rings. The van der Waals surface area contributed by atoms with Gasteiger partial charge in [-0.25, -0.2) is 0 Å². The van der Waals surface area contributed by atoms with Gasteiger partial charge in [-0.2, -0.15) is 10.1 Å². The average Bonchev–Trinajstić information content (AvgIpc) is 3.42. The lowest BCUT2D eigenvalue weighted by molar-refractivity contribution is -0.140. The van der Waals surface area contributed by atoms with E-state index in [-0.39, 0.29) is 46.5 Å². The molecule has 6 heteroatoms. The summed E-state index contributed by atoms with van der Waals surface area (Å²) in [7, 11) is 0. The number of imide groups is 1. The van der Waals surface area contributed by atoms with Gasteiger partial charge in [-0.3, -0.25) is 14.4 Å². The van der Waals surface area contributed by atoms with Crippen LogP contribution in [-0.2, 0) is 9.59 Å². The van der Waals surface area contributed by atoms with Gasteiger partial charge >= 0.3 is 0 Å². The summed E-state index contributed by atoms with van der Waals surface area (Å²) in [6, 6.07) is 11.3. The highest BCUT2D eigenvalue weighted by Crippen LogP contribution is 2.52. The van der Waals surface area contributed by atoms with E-state index in [4.69, 9.17) is 4.42 Å². The standard InChI is InChI=1S/C23H16N2O4/c26-20-15(11-29-21-16-4-2-1-3-12(16)7-8-17(20)21)10-24-25-22(27)18-13-5-6-14(9-13)19(18)23(25)28/h1-8,10-11,13-14,18-19H,9H2/b24-10+. The van der Waals surface area contributed by atoms with E-state index >= 15 is 0 Å². The molecule has 4 unspecified atom stereocenters. The van der Waals surface area contributed by atoms with Crippen LogP contribution in [-0.4, -0.2) is 23.0 Å². The topological polar surface area (TPSA) is 80.0 Å². The number of carbonyl (C=O) groups is 2. The lowest BCUT2D eigenvalue weighted by Crippen LogP contribution is -2.28. The summed E-state index contributed by atoms with van der Waals surface area (Å²) < 4.78 is 5.73. The normalized spacial score (nSPS) is 27.8. The van der Waals surface area contributed by atoms with Gasteiger partial charge in [0.25, 0.3) is 11.8 Å². The Morgan fingerprint density at radius 3 is 2.41 bits per heavy atom. The van der Waals surface area contributed by atoms with E-state index in [9.17, 15) is 14.4 Å². The minimum atomic E-state index is -0.311. The molecule has 2 bridgehead atoms. The maximum Gasteiger partial charge on any atom is 0.254 e. The number of hydrazone groups is 1. The third-order valence-electron chi connectivity index (χ3n) is 6.45. The highest BCUT2D eigenvalue weighted by Gasteiger charge is 2.59. The smallest absolute Gasteiger partial charge is 0.254 e. The van der Waals surface area contributed by atoms with Crippen LogP contribution in [0, 0.1) is 23.7 Å². The van der Waals surface area contributed by atoms with Crippen molar-refractivity contribution in [3.05, 3.63) is 70.6 Å². The molecule has 1 aliphatic heterocycles. The zero-order valence-electron chi connectivity index (χ0n) is 15.3. The maximum atomic E-state index is 12.9. The van der Waals surface area contributed by atoms with Crippen molar-refractivity contribution in [2.75, 3.05) is 0 Å². The minimum Gasteiger partial charge on any atom is -0.463 e. The average molecular weight is 384 g/mol. The van der Waals surface area contributed by atoms with Gasteiger partial charge in [-0.05, 0) is 29.7 Å². The van der Waals surface area contributed by atoms with E-state index in [0.29, 0.717) is 11.0 Å². The van der Waals surface area contributed by atoms with Gasteiger partial charge in [-0.1, -0.05) is 42.5 Å². The second-order valence-electron chi connectivity index (χ2n) is 7.92. The molecule has 6 nitrogen and oxygen atoms in total. The molecule has 6 rings (SSSR count). The number of fused-ring (bicyclic) bond motifs is 8. The predicted octanol–water partition coefficient (Wildman–Crippen LogP) is 3.09. The predicted molar refractivity (Wildman–Crippen MR) is 107 cm³/mol. The van der Waals surface area contributed by atoms with Gasteiger partial charge < -0.3 is 4.42 Å². The Morgan fingerprint density at radius 2 is 1.66 bits per heavy atom. The van der Waals surface area contributed by atoms with Crippen LogP contribution in [0.5, 0.6) is 0 Å². The molecule has 1 saturated carbocycles. The molecule has 0 radical (unpaired) electrons. The Bertz CT molecular complexity index is 1310. The number of allylic oxidation sites excluding steroid dienone is 2. The number of carbonyl (C=O) groups excluding carboxylic acids is 2. The second-order valence-corrected chi connectivity index (χ2v) is 7.92. The summed E-state index contributed by atoms with van der Waals surface area (Å²) in [5, 5.41) is 7.29. The lowest BCUT2D eigenvalue weighted by Gasteiger charge is -2.13. The van der Waals surface area contributed by atoms with Gasteiger partial charge in [0.1, 0.15) is 11.8 Å². The van der Waals surface area contributed by atoms with E-state index < -0.39 is 0 Å². The van der Waals surface area contributed by atoms with E-state index in [1.165, 1.54) is 12.5 Å². The molecule has 3 aliphatic rings. The van der Waals surface area contributed by atoms with Crippen molar-refractivity contribution < 1.29 is 14.0 Å². The molecule has 1 aromatic heterocycles. The Labute approximate surface area is 165 Å². The molecule has 2 heterocycles. The number of hydrogen-bond acceptors (Lipinski definition) is 5. The van der Waals surface area contributed by atoms with Crippen molar-refractivity contribution in [3.63, 3.8) is 0 Å². The molecule has 29 heavy (non-hydrogen) atoms. The van der Waals surface area contributed by atoms with Crippen LogP contribution in [0.2, 0.25) is 0 Å². The first-order chi connectivity index (χ1) is 14.1. The fourth-order valence-electron chi connectivity index (χ4n) is 5.09. The summed E-state index contributed by atoms with van der Waals surface area (Å²) in [6.45, 7) is 0. The van der Waals surface area contributed by atoms with Crippen LogP contribution in [0.25, 0.3) is 21.7 Å².